The van der Waals surface area contributed by atoms with Crippen LogP contribution in [0, 0.1) is 5.92 Å². The zero-order valence-electron chi connectivity index (χ0n) is 5.81. The lowest BCUT2D eigenvalue weighted by molar-refractivity contribution is 0.378. The van der Waals surface area contributed by atoms with Crippen molar-refractivity contribution in [2.24, 2.45) is 5.92 Å². The van der Waals surface area contributed by atoms with E-state index in [9.17, 15) is 0 Å². The van der Waals surface area contributed by atoms with Gasteiger partial charge in [0.2, 0.25) is 0 Å². The summed E-state index contributed by atoms with van der Waals surface area (Å²) < 4.78 is 0. The number of rotatable bonds is 0. The van der Waals surface area contributed by atoms with Crippen LogP contribution in [-0.2, 0) is 0 Å². The normalized spacial score (nSPS) is 42.7. The third-order valence-corrected chi connectivity index (χ3v) is 4.18. The molecule has 1 heterocycles. The minimum atomic E-state index is 1.08. The predicted molar refractivity (Wildman–Crippen MR) is 42.8 cm³/mol. The van der Waals surface area contributed by atoms with Crippen molar-refractivity contribution in [2.75, 3.05) is 5.75 Å². The predicted octanol–water partition coefficient (Wildman–Crippen LogP) is 2.68. The van der Waals surface area contributed by atoms with Crippen LogP contribution in [0.3, 0.4) is 0 Å². The van der Waals surface area contributed by atoms with E-state index in [0.29, 0.717) is 0 Å². The first kappa shape index (κ1) is 6.09. The van der Waals surface area contributed by atoms with Gasteiger partial charge in [0, 0.05) is 5.25 Å². The lowest BCUT2D eigenvalue weighted by Gasteiger charge is -2.23. The molecular formula is C8H14S. The lowest BCUT2D eigenvalue weighted by Crippen LogP contribution is -2.15. The Morgan fingerprint density at radius 3 is 2.78 bits per heavy atom. The van der Waals surface area contributed by atoms with Gasteiger partial charge in [0.15, 0.2) is 0 Å². The van der Waals surface area contributed by atoms with E-state index in [1.165, 1.54) is 37.9 Å². The van der Waals surface area contributed by atoms with Gasteiger partial charge in [-0.25, -0.2) is 0 Å². The van der Waals surface area contributed by atoms with E-state index in [4.69, 9.17) is 0 Å². The molecule has 0 N–H and O–H groups in total. The van der Waals surface area contributed by atoms with Crippen molar-refractivity contribution in [3.63, 3.8) is 0 Å². The lowest BCUT2D eigenvalue weighted by atomic mass is 9.87. The summed E-state index contributed by atoms with van der Waals surface area (Å²) in [7, 11) is 0. The van der Waals surface area contributed by atoms with Crippen LogP contribution in [0.2, 0.25) is 0 Å². The average Bonchev–Trinajstić information content (AvgIpc) is 2.33. The van der Waals surface area contributed by atoms with Crippen LogP contribution in [0.25, 0.3) is 0 Å². The van der Waals surface area contributed by atoms with Crippen LogP contribution in [0.1, 0.15) is 32.1 Å². The van der Waals surface area contributed by atoms with Crippen molar-refractivity contribution in [3.05, 3.63) is 0 Å². The van der Waals surface area contributed by atoms with Crippen molar-refractivity contribution >= 4 is 11.8 Å². The second-order valence-corrected chi connectivity index (χ2v) is 4.59. The van der Waals surface area contributed by atoms with Gasteiger partial charge in [-0.15, -0.1) is 0 Å². The highest BCUT2D eigenvalue weighted by Crippen LogP contribution is 2.41. The van der Waals surface area contributed by atoms with Crippen LogP contribution in [0.15, 0.2) is 0 Å². The summed E-state index contributed by atoms with van der Waals surface area (Å²) in [6, 6.07) is 0. The highest BCUT2D eigenvalue weighted by atomic mass is 32.2. The first-order valence-corrected chi connectivity index (χ1v) is 5.13. The maximum Gasteiger partial charge on any atom is 0.00756 e. The summed E-state index contributed by atoms with van der Waals surface area (Å²) in [6.45, 7) is 0. The molecule has 1 saturated carbocycles. The molecular weight excluding hydrogens is 128 g/mol. The van der Waals surface area contributed by atoms with Crippen molar-refractivity contribution in [1.82, 2.24) is 0 Å². The zero-order chi connectivity index (χ0) is 6.10. The summed E-state index contributed by atoms with van der Waals surface area (Å²) >= 11 is 2.23. The Bertz CT molecular complexity index is 88.7. The third-order valence-electron chi connectivity index (χ3n) is 2.66. The number of hydrogen-bond donors (Lipinski definition) is 0. The van der Waals surface area contributed by atoms with E-state index in [-0.39, 0.29) is 0 Å². The van der Waals surface area contributed by atoms with Crippen LogP contribution >= 0.6 is 11.8 Å². The van der Waals surface area contributed by atoms with Crippen molar-refractivity contribution in [2.45, 2.75) is 37.4 Å². The SMILES string of the molecule is C1CCC2SCCC2C1. The molecule has 0 radical (unpaired) electrons. The third kappa shape index (κ3) is 1.12. The molecule has 2 rings (SSSR count). The van der Waals surface area contributed by atoms with Gasteiger partial charge in [0.1, 0.15) is 0 Å². The van der Waals surface area contributed by atoms with Gasteiger partial charge in [-0.1, -0.05) is 12.8 Å². The van der Waals surface area contributed by atoms with Gasteiger partial charge in [-0.3, -0.25) is 0 Å². The second kappa shape index (κ2) is 2.53. The molecule has 0 aromatic heterocycles. The molecule has 1 heteroatoms. The summed E-state index contributed by atoms with van der Waals surface area (Å²) in [5.41, 5.74) is 0. The number of fused-ring (bicyclic) bond motifs is 1. The van der Waals surface area contributed by atoms with Gasteiger partial charge < -0.3 is 0 Å². The van der Waals surface area contributed by atoms with Crippen LogP contribution in [-0.4, -0.2) is 11.0 Å². The molecule has 1 saturated heterocycles. The van der Waals surface area contributed by atoms with E-state index in [2.05, 4.69) is 11.8 Å². The summed E-state index contributed by atoms with van der Waals surface area (Å²) in [5, 5.41) is 1.08. The molecule has 52 valence electrons. The summed E-state index contributed by atoms with van der Waals surface area (Å²) in [4.78, 5) is 0. The molecule has 2 aliphatic rings. The number of hydrogen-bond acceptors (Lipinski definition) is 1. The molecule has 0 bridgehead atoms. The van der Waals surface area contributed by atoms with E-state index in [1.807, 2.05) is 0 Å². The Labute approximate surface area is 61.4 Å². The van der Waals surface area contributed by atoms with Crippen LogP contribution in [0.4, 0.5) is 0 Å². The Kier molecular flexibility index (Phi) is 1.71. The minimum Gasteiger partial charge on any atom is -0.158 e. The zero-order valence-corrected chi connectivity index (χ0v) is 6.62. The number of thioether (sulfide) groups is 1. The first-order chi connectivity index (χ1) is 4.47. The van der Waals surface area contributed by atoms with Crippen molar-refractivity contribution < 1.29 is 0 Å². The Balaban J connectivity index is 1.97. The standard InChI is InChI=1S/C8H14S/c1-2-4-8-7(3-1)5-6-9-8/h7-8H,1-6H2. The topological polar surface area (TPSA) is 0 Å². The van der Waals surface area contributed by atoms with Crippen molar-refractivity contribution in [1.29, 1.82) is 0 Å². The first-order valence-electron chi connectivity index (χ1n) is 4.08. The van der Waals surface area contributed by atoms with Gasteiger partial charge in [0.25, 0.3) is 0 Å². The molecule has 0 aromatic carbocycles. The molecule has 0 nitrogen and oxygen atoms in total. The molecule has 1 aliphatic heterocycles. The largest absolute Gasteiger partial charge is 0.158 e. The molecule has 9 heavy (non-hydrogen) atoms. The molecule has 0 spiro atoms. The fraction of sp³-hybridized carbons (Fsp3) is 1.00. The van der Waals surface area contributed by atoms with Crippen molar-refractivity contribution in [3.8, 4) is 0 Å². The summed E-state index contributed by atoms with van der Waals surface area (Å²) in [6.07, 6.45) is 7.61. The minimum absolute atomic E-state index is 1.08. The van der Waals surface area contributed by atoms with Crippen LogP contribution < -0.4 is 0 Å². The van der Waals surface area contributed by atoms with Gasteiger partial charge in [-0.2, -0.15) is 11.8 Å². The molecule has 0 aromatic rings. The molecule has 2 unspecified atom stereocenters. The Morgan fingerprint density at radius 2 is 1.89 bits per heavy atom. The quantitative estimate of drug-likeness (QED) is 0.501. The monoisotopic (exact) mass is 142 g/mol. The van der Waals surface area contributed by atoms with E-state index in [0.717, 1.165) is 11.2 Å². The Morgan fingerprint density at radius 1 is 1.00 bits per heavy atom. The maximum atomic E-state index is 2.23. The van der Waals surface area contributed by atoms with Crippen LogP contribution in [0.5, 0.6) is 0 Å². The fourth-order valence-electron chi connectivity index (χ4n) is 2.09. The van der Waals surface area contributed by atoms with Gasteiger partial charge in [-0.05, 0) is 30.9 Å². The van der Waals surface area contributed by atoms with E-state index >= 15 is 0 Å². The van der Waals surface area contributed by atoms with Gasteiger partial charge in [0.05, 0.1) is 0 Å². The van der Waals surface area contributed by atoms with E-state index < -0.39 is 0 Å². The average molecular weight is 142 g/mol. The van der Waals surface area contributed by atoms with Gasteiger partial charge >= 0.3 is 0 Å². The smallest absolute Gasteiger partial charge is 0.00756 e. The molecule has 1 aliphatic carbocycles. The second-order valence-electron chi connectivity index (χ2n) is 3.24. The molecule has 2 fully saturated rings. The fourth-order valence-corrected chi connectivity index (χ4v) is 3.71. The molecule has 0 amide bonds. The maximum absolute atomic E-state index is 2.23. The Hall–Kier alpha value is 0.350. The highest BCUT2D eigenvalue weighted by molar-refractivity contribution is 8.00. The highest BCUT2D eigenvalue weighted by Gasteiger charge is 2.29. The van der Waals surface area contributed by atoms with E-state index in [1.54, 1.807) is 0 Å². The summed E-state index contributed by atoms with van der Waals surface area (Å²) in [5.74, 6) is 2.58. The molecule has 2 atom stereocenters.